The van der Waals surface area contributed by atoms with E-state index in [9.17, 15) is 5.11 Å². The predicted octanol–water partition coefficient (Wildman–Crippen LogP) is 3.43. The van der Waals surface area contributed by atoms with Gasteiger partial charge in [-0.2, -0.15) is 0 Å². The van der Waals surface area contributed by atoms with Crippen molar-refractivity contribution in [3.05, 3.63) is 35.9 Å². The van der Waals surface area contributed by atoms with E-state index in [1.165, 1.54) is 5.56 Å². The number of aliphatic hydroxyl groups excluding tert-OH is 1. The van der Waals surface area contributed by atoms with Gasteiger partial charge in [0.2, 0.25) is 0 Å². The molecule has 2 heteroatoms. The lowest BCUT2D eigenvalue weighted by Crippen LogP contribution is -2.33. The van der Waals surface area contributed by atoms with E-state index in [0.717, 1.165) is 19.3 Å². The zero-order valence-corrected chi connectivity index (χ0v) is 11.8. The van der Waals surface area contributed by atoms with E-state index in [-0.39, 0.29) is 12.2 Å². The Kier molecular flexibility index (Phi) is 6.99. The van der Waals surface area contributed by atoms with E-state index < -0.39 is 0 Å². The summed E-state index contributed by atoms with van der Waals surface area (Å²) in [4.78, 5) is 0. The van der Waals surface area contributed by atoms with Gasteiger partial charge in [0.25, 0.3) is 0 Å². The lowest BCUT2D eigenvalue weighted by molar-refractivity contribution is -0.0600. The number of rotatable bonds is 8. The lowest BCUT2D eigenvalue weighted by atomic mass is 9.96. The van der Waals surface area contributed by atoms with Crippen LogP contribution in [0.1, 0.15) is 39.2 Å². The van der Waals surface area contributed by atoms with Crippen LogP contribution in [0.3, 0.4) is 0 Å². The molecule has 2 unspecified atom stereocenters. The Bertz CT molecular complexity index is 308. The van der Waals surface area contributed by atoms with Crippen LogP contribution >= 0.6 is 0 Å². The highest BCUT2D eigenvalue weighted by atomic mass is 16.5. The quantitative estimate of drug-likeness (QED) is 0.766. The maximum absolute atomic E-state index is 10.2. The summed E-state index contributed by atoms with van der Waals surface area (Å²) in [7, 11) is 0. The fraction of sp³-hybridized carbons (Fsp3) is 0.625. The molecule has 0 fully saturated rings. The van der Waals surface area contributed by atoms with Crippen molar-refractivity contribution in [3.8, 4) is 0 Å². The number of hydrogen-bond donors (Lipinski definition) is 1. The van der Waals surface area contributed by atoms with Crippen LogP contribution in [-0.4, -0.2) is 23.9 Å². The summed E-state index contributed by atoms with van der Waals surface area (Å²) in [5.74, 6) is 0.358. The second kappa shape index (κ2) is 8.28. The molecule has 0 aliphatic carbocycles. The van der Waals surface area contributed by atoms with Gasteiger partial charge in [0.15, 0.2) is 0 Å². The smallest absolute Gasteiger partial charge is 0.0856 e. The summed E-state index contributed by atoms with van der Waals surface area (Å²) in [6.07, 6.45) is 2.44. The molecule has 102 valence electrons. The molecule has 1 N–H and O–H groups in total. The van der Waals surface area contributed by atoms with E-state index in [4.69, 9.17) is 4.74 Å². The Labute approximate surface area is 111 Å². The van der Waals surface area contributed by atoms with Crippen molar-refractivity contribution >= 4 is 0 Å². The normalized spacial score (nSPS) is 14.7. The third-order valence-corrected chi connectivity index (χ3v) is 3.20. The second-order valence-corrected chi connectivity index (χ2v) is 5.11. The van der Waals surface area contributed by atoms with Crippen LogP contribution in [0, 0.1) is 5.92 Å². The minimum Gasteiger partial charge on any atom is -0.390 e. The zero-order chi connectivity index (χ0) is 13.4. The van der Waals surface area contributed by atoms with Gasteiger partial charge in [0.1, 0.15) is 0 Å². The first-order valence-electron chi connectivity index (χ1n) is 6.98. The molecule has 0 aliphatic rings. The maximum Gasteiger partial charge on any atom is 0.0856 e. The first-order valence-corrected chi connectivity index (χ1v) is 6.98. The Balaban J connectivity index is 2.33. The number of hydrogen-bond acceptors (Lipinski definition) is 2. The SMILES string of the molecule is CCOC(C(C)C)C(O)CCCc1ccccc1. The Morgan fingerprint density at radius 2 is 1.83 bits per heavy atom. The van der Waals surface area contributed by atoms with Crippen molar-refractivity contribution in [1.82, 2.24) is 0 Å². The van der Waals surface area contributed by atoms with E-state index in [2.05, 4.69) is 38.1 Å². The molecule has 1 aromatic rings. The molecule has 0 heterocycles. The summed E-state index contributed by atoms with van der Waals surface area (Å²) in [6, 6.07) is 10.4. The van der Waals surface area contributed by atoms with Gasteiger partial charge in [-0.3, -0.25) is 0 Å². The molecular formula is C16H26O2. The van der Waals surface area contributed by atoms with Gasteiger partial charge >= 0.3 is 0 Å². The molecule has 0 aliphatic heterocycles. The number of ether oxygens (including phenoxy) is 1. The first kappa shape index (κ1) is 15.2. The van der Waals surface area contributed by atoms with Gasteiger partial charge in [-0.1, -0.05) is 44.2 Å². The molecule has 1 aromatic carbocycles. The van der Waals surface area contributed by atoms with Gasteiger partial charge in [-0.25, -0.2) is 0 Å². The van der Waals surface area contributed by atoms with Crippen molar-refractivity contribution < 1.29 is 9.84 Å². The fourth-order valence-corrected chi connectivity index (χ4v) is 2.26. The average molecular weight is 250 g/mol. The van der Waals surface area contributed by atoms with E-state index >= 15 is 0 Å². The van der Waals surface area contributed by atoms with Gasteiger partial charge in [-0.15, -0.1) is 0 Å². The zero-order valence-electron chi connectivity index (χ0n) is 11.8. The van der Waals surface area contributed by atoms with Crippen LogP contribution in [0.5, 0.6) is 0 Å². The molecule has 18 heavy (non-hydrogen) atoms. The summed E-state index contributed by atoms with van der Waals surface area (Å²) in [5.41, 5.74) is 1.34. The Hall–Kier alpha value is -0.860. The number of benzene rings is 1. The van der Waals surface area contributed by atoms with Crippen LogP contribution in [0.15, 0.2) is 30.3 Å². The van der Waals surface area contributed by atoms with Crippen LogP contribution in [-0.2, 0) is 11.2 Å². The van der Waals surface area contributed by atoms with Gasteiger partial charge < -0.3 is 9.84 Å². The molecule has 0 amide bonds. The molecule has 2 nitrogen and oxygen atoms in total. The highest BCUT2D eigenvalue weighted by molar-refractivity contribution is 5.14. The molecule has 0 bridgehead atoms. The van der Waals surface area contributed by atoms with Gasteiger partial charge in [0.05, 0.1) is 12.2 Å². The van der Waals surface area contributed by atoms with Crippen LogP contribution in [0.2, 0.25) is 0 Å². The van der Waals surface area contributed by atoms with Gasteiger partial charge in [-0.05, 0) is 37.7 Å². The predicted molar refractivity (Wildman–Crippen MR) is 75.6 cm³/mol. The van der Waals surface area contributed by atoms with Crippen molar-refractivity contribution in [2.45, 2.75) is 52.2 Å². The van der Waals surface area contributed by atoms with Gasteiger partial charge in [0, 0.05) is 6.61 Å². The summed E-state index contributed by atoms with van der Waals surface area (Å²) in [6.45, 7) is 6.84. The van der Waals surface area contributed by atoms with Crippen LogP contribution in [0.25, 0.3) is 0 Å². The van der Waals surface area contributed by atoms with Crippen molar-refractivity contribution in [1.29, 1.82) is 0 Å². The number of aliphatic hydroxyl groups is 1. The third kappa shape index (κ3) is 5.19. The maximum atomic E-state index is 10.2. The first-order chi connectivity index (χ1) is 8.65. The molecule has 0 spiro atoms. The summed E-state index contributed by atoms with van der Waals surface area (Å²) < 4.78 is 5.62. The molecule has 0 saturated heterocycles. The van der Waals surface area contributed by atoms with Crippen molar-refractivity contribution in [3.63, 3.8) is 0 Å². The molecule has 1 rings (SSSR count). The summed E-state index contributed by atoms with van der Waals surface area (Å²) in [5, 5.41) is 10.2. The second-order valence-electron chi connectivity index (χ2n) is 5.11. The molecule has 0 saturated carbocycles. The van der Waals surface area contributed by atoms with Crippen LogP contribution < -0.4 is 0 Å². The Morgan fingerprint density at radius 3 is 2.39 bits per heavy atom. The standard InChI is InChI=1S/C16H26O2/c1-4-18-16(13(2)3)15(17)12-8-11-14-9-6-5-7-10-14/h5-7,9-10,13,15-17H,4,8,11-12H2,1-3H3. The van der Waals surface area contributed by atoms with Crippen molar-refractivity contribution in [2.75, 3.05) is 6.61 Å². The Morgan fingerprint density at radius 1 is 1.17 bits per heavy atom. The molecule has 0 radical (unpaired) electrons. The molecule has 2 atom stereocenters. The lowest BCUT2D eigenvalue weighted by Gasteiger charge is -2.26. The summed E-state index contributed by atoms with van der Waals surface area (Å²) >= 11 is 0. The highest BCUT2D eigenvalue weighted by Gasteiger charge is 2.22. The minimum absolute atomic E-state index is 0.0363. The highest BCUT2D eigenvalue weighted by Crippen LogP contribution is 2.16. The monoisotopic (exact) mass is 250 g/mol. The topological polar surface area (TPSA) is 29.5 Å². The molecule has 0 aromatic heterocycles. The molecular weight excluding hydrogens is 224 g/mol. The largest absolute Gasteiger partial charge is 0.390 e. The average Bonchev–Trinajstić information content (AvgIpc) is 2.36. The van der Waals surface area contributed by atoms with Crippen molar-refractivity contribution in [2.24, 2.45) is 5.92 Å². The third-order valence-electron chi connectivity index (χ3n) is 3.20. The van der Waals surface area contributed by atoms with E-state index in [0.29, 0.717) is 12.5 Å². The van der Waals surface area contributed by atoms with Crippen LogP contribution in [0.4, 0.5) is 0 Å². The van der Waals surface area contributed by atoms with E-state index in [1.807, 2.05) is 13.0 Å². The fourth-order valence-electron chi connectivity index (χ4n) is 2.26. The van der Waals surface area contributed by atoms with E-state index in [1.54, 1.807) is 0 Å². The minimum atomic E-state index is -0.353. The number of aryl methyl sites for hydroxylation is 1.